The zero-order chi connectivity index (χ0) is 21.2. The zero-order valence-corrected chi connectivity index (χ0v) is 18.4. The lowest BCUT2D eigenvalue weighted by Gasteiger charge is -2.38. The number of nitrogens with zero attached hydrogens (tertiary/aromatic N) is 1. The Morgan fingerprint density at radius 2 is 1.97 bits per heavy atom. The van der Waals surface area contributed by atoms with Gasteiger partial charge >= 0.3 is 5.97 Å². The van der Waals surface area contributed by atoms with Gasteiger partial charge in [-0.05, 0) is 62.7 Å². The molecule has 1 saturated carbocycles. The first kappa shape index (κ1) is 21.6. The summed E-state index contributed by atoms with van der Waals surface area (Å²) in [5, 5.41) is 4.39. The maximum absolute atomic E-state index is 12.7. The quantitative estimate of drug-likeness (QED) is 0.570. The molecule has 2 aliphatic carbocycles. The molecule has 6 nitrogen and oxygen atoms in total. The van der Waals surface area contributed by atoms with E-state index in [0.29, 0.717) is 18.1 Å². The largest absolute Gasteiger partial charge is 0.432 e. The van der Waals surface area contributed by atoms with Gasteiger partial charge in [0.05, 0.1) is 4.90 Å². The molecule has 7 heteroatoms. The molecule has 1 spiro atoms. The third kappa shape index (κ3) is 4.89. The molecule has 29 heavy (non-hydrogen) atoms. The first-order valence-corrected chi connectivity index (χ1v) is 11.6. The summed E-state index contributed by atoms with van der Waals surface area (Å²) in [4.78, 5) is 14.2. The first-order chi connectivity index (χ1) is 13.6. The van der Waals surface area contributed by atoms with E-state index in [1.807, 2.05) is 6.92 Å². The van der Waals surface area contributed by atoms with Crippen molar-refractivity contribution in [3.05, 3.63) is 41.7 Å². The van der Waals surface area contributed by atoms with Gasteiger partial charge in [-0.25, -0.2) is 4.83 Å². The number of carbonyl (C=O) groups excluding carboxylic acids is 1. The molecule has 0 heterocycles. The molecular formula is C22H30N2O4S. The van der Waals surface area contributed by atoms with E-state index >= 15 is 0 Å². The van der Waals surface area contributed by atoms with Crippen LogP contribution in [-0.4, -0.2) is 20.1 Å². The van der Waals surface area contributed by atoms with Gasteiger partial charge in [0.25, 0.3) is 10.0 Å². The highest BCUT2D eigenvalue weighted by molar-refractivity contribution is 7.89. The number of rotatable bonds is 5. The highest BCUT2D eigenvalue weighted by Crippen LogP contribution is 2.50. The number of ether oxygens (including phenoxy) is 1. The normalized spacial score (nSPS) is 26.0. The molecule has 0 aromatic heterocycles. The summed E-state index contributed by atoms with van der Waals surface area (Å²) < 4.78 is 30.8. The Hall–Kier alpha value is -2.15. The molecule has 0 unspecified atom stereocenters. The third-order valence-corrected chi connectivity index (χ3v) is 7.21. The van der Waals surface area contributed by atoms with Crippen LogP contribution in [0.1, 0.15) is 58.4 Å². The Morgan fingerprint density at radius 3 is 2.59 bits per heavy atom. The van der Waals surface area contributed by atoms with Crippen LogP contribution in [-0.2, 0) is 19.6 Å². The summed E-state index contributed by atoms with van der Waals surface area (Å²) in [6, 6.07) is 6.70. The van der Waals surface area contributed by atoms with Crippen LogP contribution < -0.4 is 4.83 Å². The summed E-state index contributed by atoms with van der Waals surface area (Å²) in [5.74, 6) is 1.00. The minimum absolute atomic E-state index is 0.198. The van der Waals surface area contributed by atoms with Crippen LogP contribution in [0, 0.1) is 24.2 Å². The highest BCUT2D eigenvalue weighted by Gasteiger charge is 2.45. The van der Waals surface area contributed by atoms with Crippen molar-refractivity contribution < 1.29 is 17.9 Å². The van der Waals surface area contributed by atoms with E-state index in [1.54, 1.807) is 24.3 Å². The van der Waals surface area contributed by atoms with E-state index in [0.717, 1.165) is 37.0 Å². The average Bonchev–Trinajstić information content (AvgIpc) is 3.00. The molecule has 0 radical (unpaired) electrons. The van der Waals surface area contributed by atoms with E-state index in [2.05, 4.69) is 29.9 Å². The van der Waals surface area contributed by atoms with Crippen molar-refractivity contribution in [1.29, 1.82) is 0 Å². The standard InChI is InChI=1S/C22H30N2O4S/c1-15(2)18-12-19(28-17(4)25)14-22(13-18)11-5-6-21(22)23-24-29(26,27)20-9-7-16(3)8-10-20/h7-10,12,15,18,24H,5-6,11,13-14H2,1-4H3/b23-21+/t18-,22+/m0/s1. The van der Waals surface area contributed by atoms with Crippen molar-refractivity contribution in [3.8, 4) is 0 Å². The molecule has 0 bridgehead atoms. The van der Waals surface area contributed by atoms with Gasteiger partial charge in [0, 0.05) is 24.5 Å². The van der Waals surface area contributed by atoms with Gasteiger partial charge in [-0.15, -0.1) is 0 Å². The second-order valence-corrected chi connectivity index (χ2v) is 10.3. The van der Waals surface area contributed by atoms with Crippen LogP contribution in [0.25, 0.3) is 0 Å². The molecular weight excluding hydrogens is 388 g/mol. The van der Waals surface area contributed by atoms with Gasteiger partial charge in [0.2, 0.25) is 0 Å². The van der Waals surface area contributed by atoms with Crippen molar-refractivity contribution in [1.82, 2.24) is 4.83 Å². The number of aryl methyl sites for hydroxylation is 1. The fourth-order valence-corrected chi connectivity index (χ4v) is 5.20. The monoisotopic (exact) mass is 418 g/mol. The smallest absolute Gasteiger partial charge is 0.307 e. The van der Waals surface area contributed by atoms with Crippen LogP contribution in [0.3, 0.4) is 0 Å². The topological polar surface area (TPSA) is 84.8 Å². The van der Waals surface area contributed by atoms with Crippen molar-refractivity contribution in [2.24, 2.45) is 22.4 Å². The summed E-state index contributed by atoms with van der Waals surface area (Å²) >= 11 is 0. The molecule has 0 saturated heterocycles. The second-order valence-electron chi connectivity index (χ2n) is 8.62. The molecule has 158 valence electrons. The Morgan fingerprint density at radius 1 is 1.28 bits per heavy atom. The Labute approximate surface area is 173 Å². The molecule has 1 fully saturated rings. The number of carbonyl (C=O) groups is 1. The number of nitrogens with one attached hydrogen (secondary N) is 1. The predicted molar refractivity (Wildman–Crippen MR) is 113 cm³/mol. The maximum Gasteiger partial charge on any atom is 0.307 e. The molecule has 2 atom stereocenters. The molecule has 0 amide bonds. The van der Waals surface area contributed by atoms with Gasteiger partial charge in [0.1, 0.15) is 5.76 Å². The number of hydrogen-bond donors (Lipinski definition) is 1. The SMILES string of the molecule is CC(=O)OC1=C[C@H](C(C)C)C[C@]2(CCC/C2=N\NS(=O)(=O)c2ccc(C)cc2)C1. The maximum atomic E-state index is 12.7. The van der Waals surface area contributed by atoms with E-state index < -0.39 is 10.0 Å². The van der Waals surface area contributed by atoms with Gasteiger partial charge in [-0.3, -0.25) is 4.79 Å². The second kappa shape index (κ2) is 8.30. The Kier molecular flexibility index (Phi) is 6.17. The summed E-state index contributed by atoms with van der Waals surface area (Å²) in [6.45, 7) is 7.62. The van der Waals surface area contributed by atoms with E-state index in [1.165, 1.54) is 6.92 Å². The van der Waals surface area contributed by atoms with Crippen molar-refractivity contribution in [3.63, 3.8) is 0 Å². The highest BCUT2D eigenvalue weighted by atomic mass is 32.2. The lowest BCUT2D eigenvalue weighted by Crippen LogP contribution is -2.36. The number of hydrazone groups is 1. The van der Waals surface area contributed by atoms with E-state index in [-0.39, 0.29) is 22.2 Å². The lowest BCUT2D eigenvalue weighted by atomic mass is 9.67. The van der Waals surface area contributed by atoms with Crippen molar-refractivity contribution >= 4 is 21.7 Å². The summed E-state index contributed by atoms with van der Waals surface area (Å²) in [7, 11) is -3.72. The summed E-state index contributed by atoms with van der Waals surface area (Å²) in [5.41, 5.74) is 1.60. The number of esters is 1. The number of allylic oxidation sites excluding steroid dienone is 2. The van der Waals surface area contributed by atoms with Gasteiger partial charge in [0.15, 0.2) is 0 Å². The minimum Gasteiger partial charge on any atom is -0.432 e. The predicted octanol–water partition coefficient (Wildman–Crippen LogP) is 4.31. The van der Waals surface area contributed by atoms with Crippen LogP contribution in [0.2, 0.25) is 0 Å². The molecule has 3 rings (SSSR count). The zero-order valence-electron chi connectivity index (χ0n) is 17.6. The van der Waals surface area contributed by atoms with Gasteiger partial charge in [-0.2, -0.15) is 13.5 Å². The molecule has 0 aliphatic heterocycles. The fourth-order valence-electron chi connectivity index (χ4n) is 4.37. The minimum atomic E-state index is -3.72. The van der Waals surface area contributed by atoms with Crippen molar-refractivity contribution in [2.75, 3.05) is 0 Å². The first-order valence-electron chi connectivity index (χ1n) is 10.2. The van der Waals surface area contributed by atoms with Crippen molar-refractivity contribution in [2.45, 2.75) is 64.7 Å². The lowest BCUT2D eigenvalue weighted by molar-refractivity contribution is -0.137. The number of hydrogen-bond acceptors (Lipinski definition) is 5. The fraction of sp³-hybridized carbons (Fsp3) is 0.545. The summed E-state index contributed by atoms with van der Waals surface area (Å²) in [6.07, 6.45) is 6.14. The molecule has 1 aromatic rings. The number of sulfonamides is 1. The molecule has 1 aromatic carbocycles. The molecule has 1 N–H and O–H groups in total. The third-order valence-electron chi connectivity index (χ3n) is 5.98. The van der Waals surface area contributed by atoms with Gasteiger partial charge < -0.3 is 4.74 Å². The van der Waals surface area contributed by atoms with E-state index in [9.17, 15) is 13.2 Å². The van der Waals surface area contributed by atoms with E-state index in [4.69, 9.17) is 4.74 Å². The Bertz CT molecular complexity index is 932. The number of benzene rings is 1. The van der Waals surface area contributed by atoms with Crippen LogP contribution in [0.4, 0.5) is 0 Å². The van der Waals surface area contributed by atoms with Crippen LogP contribution in [0.5, 0.6) is 0 Å². The Balaban J connectivity index is 1.86. The van der Waals surface area contributed by atoms with Gasteiger partial charge in [-0.1, -0.05) is 31.5 Å². The van der Waals surface area contributed by atoms with Crippen LogP contribution in [0.15, 0.2) is 46.1 Å². The van der Waals surface area contributed by atoms with Crippen LogP contribution >= 0.6 is 0 Å². The average molecular weight is 419 g/mol. The molecule has 2 aliphatic rings.